The Morgan fingerprint density at radius 1 is 1.21 bits per heavy atom. The summed E-state index contributed by atoms with van der Waals surface area (Å²) in [4.78, 5) is 16.3. The van der Waals surface area contributed by atoms with E-state index in [9.17, 15) is 15.0 Å². The van der Waals surface area contributed by atoms with Crippen molar-refractivity contribution in [2.24, 2.45) is 0 Å². The summed E-state index contributed by atoms with van der Waals surface area (Å²) in [6.07, 6.45) is 3.33. The van der Waals surface area contributed by atoms with Crippen molar-refractivity contribution in [2.75, 3.05) is 39.4 Å². The molecule has 0 aromatic carbocycles. The van der Waals surface area contributed by atoms with Crippen LogP contribution in [-0.2, 0) is 16.1 Å². The lowest BCUT2D eigenvalue weighted by Crippen LogP contribution is -2.60. The number of piperazine rings is 1. The topological polar surface area (TPSA) is 91.1 Å². The molecule has 2 aliphatic rings. The van der Waals surface area contributed by atoms with Gasteiger partial charge in [0.15, 0.2) is 0 Å². The van der Waals surface area contributed by atoms with Gasteiger partial charge in [-0.25, -0.2) is 0 Å². The Labute approximate surface area is 141 Å². The summed E-state index contributed by atoms with van der Waals surface area (Å²) in [6, 6.07) is 1.69. The number of hydrogen-bond acceptors (Lipinski definition) is 6. The molecule has 0 unspecified atom stereocenters. The maximum Gasteiger partial charge on any atom is 0.222 e. The van der Waals surface area contributed by atoms with E-state index in [1.807, 2.05) is 21.8 Å². The van der Waals surface area contributed by atoms with E-state index in [1.165, 1.54) is 0 Å². The van der Waals surface area contributed by atoms with Crippen LogP contribution in [0.2, 0.25) is 0 Å². The van der Waals surface area contributed by atoms with Crippen LogP contribution in [0.15, 0.2) is 18.5 Å². The Bertz CT molecular complexity index is 516. The van der Waals surface area contributed by atoms with E-state index in [1.54, 1.807) is 6.20 Å². The van der Waals surface area contributed by atoms with Crippen molar-refractivity contribution in [2.45, 2.75) is 37.6 Å². The summed E-state index contributed by atoms with van der Waals surface area (Å²) in [7, 11) is 0. The average Bonchev–Trinajstić information content (AvgIpc) is 3.11. The lowest BCUT2D eigenvalue weighted by molar-refractivity contribution is -0.144. The molecule has 1 aromatic heterocycles. The number of ether oxygens (including phenoxy) is 1. The number of rotatable bonds is 5. The standard InChI is InChI=1S/C16H26N4O4/c21-14-12-24-11-13(16(14)23)18-7-9-19(10-8-18)15(22)3-1-5-20-6-2-4-17-20/h2,4,6,13-14,16,21,23H,1,3,5,7-12H2/t13-,14-,16+/m1/s1. The Morgan fingerprint density at radius 2 is 2.00 bits per heavy atom. The van der Waals surface area contributed by atoms with Crippen LogP contribution in [0.5, 0.6) is 0 Å². The Hall–Kier alpha value is -1.48. The van der Waals surface area contributed by atoms with Crippen molar-refractivity contribution >= 4 is 5.91 Å². The Morgan fingerprint density at radius 3 is 2.71 bits per heavy atom. The number of nitrogens with zero attached hydrogens (tertiary/aromatic N) is 4. The first-order valence-electron chi connectivity index (χ1n) is 8.58. The summed E-state index contributed by atoms with van der Waals surface area (Å²) in [5, 5.41) is 24.0. The highest BCUT2D eigenvalue weighted by Crippen LogP contribution is 2.17. The van der Waals surface area contributed by atoms with E-state index in [2.05, 4.69) is 10.00 Å². The zero-order valence-electron chi connectivity index (χ0n) is 13.8. The quantitative estimate of drug-likeness (QED) is 0.710. The third-order valence-electron chi connectivity index (χ3n) is 4.84. The highest BCUT2D eigenvalue weighted by molar-refractivity contribution is 5.76. The van der Waals surface area contributed by atoms with Gasteiger partial charge in [0.05, 0.1) is 25.4 Å². The van der Waals surface area contributed by atoms with Gasteiger partial charge in [0.25, 0.3) is 0 Å². The predicted molar refractivity (Wildman–Crippen MR) is 86.2 cm³/mol. The highest BCUT2D eigenvalue weighted by atomic mass is 16.5. The fourth-order valence-corrected chi connectivity index (χ4v) is 3.37. The minimum atomic E-state index is -0.828. The van der Waals surface area contributed by atoms with Crippen molar-refractivity contribution in [3.8, 4) is 0 Å². The van der Waals surface area contributed by atoms with Crippen molar-refractivity contribution in [1.29, 1.82) is 0 Å². The minimum Gasteiger partial charge on any atom is -0.389 e. The van der Waals surface area contributed by atoms with Gasteiger partial charge in [0.1, 0.15) is 6.10 Å². The first-order valence-corrected chi connectivity index (χ1v) is 8.58. The summed E-state index contributed by atoms with van der Waals surface area (Å²) in [5.74, 6) is 0.169. The summed E-state index contributed by atoms with van der Waals surface area (Å²) >= 11 is 0. The van der Waals surface area contributed by atoms with E-state index < -0.39 is 12.2 Å². The molecule has 2 fully saturated rings. The molecule has 1 aromatic rings. The molecule has 0 bridgehead atoms. The number of aliphatic hydroxyl groups is 2. The Kier molecular flexibility index (Phi) is 5.83. The van der Waals surface area contributed by atoms with Crippen LogP contribution < -0.4 is 0 Å². The first-order chi connectivity index (χ1) is 11.6. The van der Waals surface area contributed by atoms with Crippen LogP contribution in [0.3, 0.4) is 0 Å². The second-order valence-corrected chi connectivity index (χ2v) is 6.45. The SMILES string of the molecule is O=C(CCCn1cccn1)N1CCN([C@@H]2COC[C@@H](O)[C@H]2O)CC1. The minimum absolute atomic E-state index is 0.169. The van der Waals surface area contributed by atoms with E-state index in [0.717, 1.165) is 13.0 Å². The highest BCUT2D eigenvalue weighted by Gasteiger charge is 2.36. The molecule has 3 rings (SSSR count). The zero-order valence-corrected chi connectivity index (χ0v) is 13.8. The van der Waals surface area contributed by atoms with Crippen molar-refractivity contribution in [3.63, 3.8) is 0 Å². The largest absolute Gasteiger partial charge is 0.389 e. The number of carbonyl (C=O) groups excluding carboxylic acids is 1. The predicted octanol–water partition coefficient (Wildman–Crippen LogP) is -1.07. The van der Waals surface area contributed by atoms with Crippen molar-refractivity contribution < 1.29 is 19.7 Å². The van der Waals surface area contributed by atoms with Gasteiger partial charge in [-0.15, -0.1) is 0 Å². The monoisotopic (exact) mass is 338 g/mol. The lowest BCUT2D eigenvalue weighted by atomic mass is 10.0. The summed E-state index contributed by atoms with van der Waals surface area (Å²) in [6.45, 7) is 4.07. The molecule has 3 heterocycles. The maximum atomic E-state index is 12.3. The average molecular weight is 338 g/mol. The molecule has 2 saturated heterocycles. The molecule has 2 aliphatic heterocycles. The molecule has 2 N–H and O–H groups in total. The molecule has 1 amide bonds. The van der Waals surface area contributed by atoms with E-state index >= 15 is 0 Å². The van der Waals surface area contributed by atoms with Crippen LogP contribution in [-0.4, -0.2) is 93.3 Å². The summed E-state index contributed by atoms with van der Waals surface area (Å²) in [5.41, 5.74) is 0. The van der Waals surface area contributed by atoms with Gasteiger partial charge in [-0.2, -0.15) is 5.10 Å². The number of aromatic nitrogens is 2. The Balaban J connectivity index is 1.40. The van der Waals surface area contributed by atoms with Crippen LogP contribution in [0, 0.1) is 0 Å². The summed E-state index contributed by atoms with van der Waals surface area (Å²) < 4.78 is 7.17. The molecule has 24 heavy (non-hydrogen) atoms. The normalized spacial score (nSPS) is 28.9. The number of aliphatic hydroxyl groups excluding tert-OH is 2. The third-order valence-corrected chi connectivity index (χ3v) is 4.84. The van der Waals surface area contributed by atoms with Gasteiger partial charge in [-0.1, -0.05) is 0 Å². The van der Waals surface area contributed by atoms with Gasteiger partial charge in [0, 0.05) is 51.5 Å². The maximum absolute atomic E-state index is 12.3. The van der Waals surface area contributed by atoms with E-state index in [4.69, 9.17) is 4.74 Å². The molecule has 134 valence electrons. The number of carbonyl (C=O) groups is 1. The van der Waals surface area contributed by atoms with Crippen molar-refractivity contribution in [3.05, 3.63) is 18.5 Å². The molecule has 0 saturated carbocycles. The first kappa shape index (κ1) is 17.3. The smallest absolute Gasteiger partial charge is 0.222 e. The van der Waals surface area contributed by atoms with Crippen LogP contribution in [0.4, 0.5) is 0 Å². The second kappa shape index (κ2) is 8.06. The van der Waals surface area contributed by atoms with Gasteiger partial charge >= 0.3 is 0 Å². The molecule has 0 radical (unpaired) electrons. The second-order valence-electron chi connectivity index (χ2n) is 6.45. The molecular weight excluding hydrogens is 312 g/mol. The molecule has 8 nitrogen and oxygen atoms in total. The fourth-order valence-electron chi connectivity index (χ4n) is 3.37. The number of aryl methyl sites for hydroxylation is 1. The van der Waals surface area contributed by atoms with E-state index in [0.29, 0.717) is 39.2 Å². The van der Waals surface area contributed by atoms with Gasteiger partial charge in [0.2, 0.25) is 5.91 Å². The van der Waals surface area contributed by atoms with Crippen molar-refractivity contribution in [1.82, 2.24) is 19.6 Å². The molecular formula is C16H26N4O4. The third kappa shape index (κ3) is 4.13. The molecule has 0 aliphatic carbocycles. The van der Waals surface area contributed by atoms with Crippen LogP contribution in [0.25, 0.3) is 0 Å². The van der Waals surface area contributed by atoms with E-state index in [-0.39, 0.29) is 18.6 Å². The van der Waals surface area contributed by atoms with Gasteiger partial charge in [-0.3, -0.25) is 14.4 Å². The fraction of sp³-hybridized carbons (Fsp3) is 0.750. The molecule has 3 atom stereocenters. The van der Waals surface area contributed by atoms with Crippen LogP contribution in [0.1, 0.15) is 12.8 Å². The zero-order chi connectivity index (χ0) is 16.9. The molecule has 8 heteroatoms. The number of amides is 1. The van der Waals surface area contributed by atoms with Crippen LogP contribution >= 0.6 is 0 Å². The molecule has 0 spiro atoms. The number of hydrogen-bond donors (Lipinski definition) is 2. The van der Waals surface area contributed by atoms with Gasteiger partial charge in [-0.05, 0) is 12.5 Å². The van der Waals surface area contributed by atoms with Gasteiger partial charge < -0.3 is 19.8 Å². The lowest BCUT2D eigenvalue weighted by Gasteiger charge is -2.43.